The number of piperidine rings is 1. The number of rotatable bonds is 7. The Morgan fingerprint density at radius 3 is 2.74 bits per heavy atom. The molecule has 5 nitrogen and oxygen atoms in total. The summed E-state index contributed by atoms with van der Waals surface area (Å²) in [5.41, 5.74) is 1.83. The van der Waals surface area contributed by atoms with E-state index in [1.165, 1.54) is 5.56 Å². The minimum Gasteiger partial charge on any atom is -0.490 e. The highest BCUT2D eigenvalue weighted by Crippen LogP contribution is 2.23. The van der Waals surface area contributed by atoms with Crippen LogP contribution in [0.5, 0.6) is 5.75 Å². The van der Waals surface area contributed by atoms with Crippen molar-refractivity contribution in [2.75, 3.05) is 32.7 Å². The Labute approximate surface area is 194 Å². The summed E-state index contributed by atoms with van der Waals surface area (Å²) in [6, 6.07) is 13.6. The highest BCUT2D eigenvalue weighted by Gasteiger charge is 2.24. The number of ether oxygens (including phenoxy) is 1. The molecule has 1 amide bonds. The van der Waals surface area contributed by atoms with Crippen molar-refractivity contribution in [3.8, 4) is 5.75 Å². The van der Waals surface area contributed by atoms with Crippen molar-refractivity contribution in [1.82, 2.24) is 15.5 Å². The molecule has 2 fully saturated rings. The Hall–Kier alpha value is -1.79. The lowest BCUT2D eigenvalue weighted by molar-refractivity contribution is 0.0937. The van der Waals surface area contributed by atoms with Crippen molar-refractivity contribution in [3.63, 3.8) is 0 Å². The molecule has 2 heterocycles. The molecular formula is C24H29Cl2N3O2. The molecule has 166 valence electrons. The van der Waals surface area contributed by atoms with Crippen molar-refractivity contribution in [2.45, 2.75) is 37.8 Å². The predicted molar refractivity (Wildman–Crippen MR) is 125 cm³/mol. The summed E-state index contributed by atoms with van der Waals surface area (Å²) in [5.74, 6) is 0.866. The molecule has 4 rings (SSSR count). The quantitative estimate of drug-likeness (QED) is 0.649. The molecule has 2 aliphatic rings. The van der Waals surface area contributed by atoms with Crippen molar-refractivity contribution < 1.29 is 9.53 Å². The Morgan fingerprint density at radius 1 is 1.10 bits per heavy atom. The minimum atomic E-state index is -0.104. The predicted octanol–water partition coefficient (Wildman–Crippen LogP) is 4.17. The molecule has 31 heavy (non-hydrogen) atoms. The van der Waals surface area contributed by atoms with Gasteiger partial charge in [-0.25, -0.2) is 0 Å². The van der Waals surface area contributed by atoms with Gasteiger partial charge in [-0.1, -0.05) is 35.3 Å². The molecule has 2 saturated heterocycles. The number of carbonyl (C=O) groups is 1. The molecule has 0 aromatic heterocycles. The maximum Gasteiger partial charge on any atom is 0.251 e. The van der Waals surface area contributed by atoms with Crippen molar-refractivity contribution in [3.05, 3.63) is 63.6 Å². The minimum absolute atomic E-state index is 0.104. The zero-order valence-electron chi connectivity index (χ0n) is 17.6. The van der Waals surface area contributed by atoms with Crippen molar-refractivity contribution in [2.24, 2.45) is 0 Å². The van der Waals surface area contributed by atoms with Crippen LogP contribution in [0.4, 0.5) is 0 Å². The van der Waals surface area contributed by atoms with Crippen LogP contribution in [0.25, 0.3) is 0 Å². The van der Waals surface area contributed by atoms with Gasteiger partial charge in [-0.15, -0.1) is 0 Å². The van der Waals surface area contributed by atoms with Gasteiger partial charge in [0.2, 0.25) is 0 Å². The first-order valence-electron chi connectivity index (χ1n) is 11.0. The number of likely N-dealkylation sites (tertiary alicyclic amines) is 1. The standard InChI is InChI=1S/C24H29Cl2N3O2/c25-22-5-4-18(15-23(22)26)24(30)28-19-9-13-29(16-19)12-8-17-2-1-3-21(14-17)31-20-6-10-27-11-7-20/h1-5,14-15,19-20,27H,6-13,16H2,(H,28,30)/t19-/m0/s1. The normalized spacial score (nSPS) is 20.0. The average molecular weight is 462 g/mol. The fourth-order valence-corrected chi connectivity index (χ4v) is 4.53. The van der Waals surface area contributed by atoms with E-state index in [-0.39, 0.29) is 11.9 Å². The van der Waals surface area contributed by atoms with E-state index in [0.717, 1.165) is 64.2 Å². The Bertz CT molecular complexity index is 902. The van der Waals surface area contributed by atoms with Crippen LogP contribution in [-0.2, 0) is 6.42 Å². The first kappa shape index (κ1) is 22.4. The number of nitrogens with one attached hydrogen (secondary N) is 2. The van der Waals surface area contributed by atoms with Gasteiger partial charge >= 0.3 is 0 Å². The van der Waals surface area contributed by atoms with Gasteiger partial charge in [0.25, 0.3) is 5.91 Å². The third-order valence-electron chi connectivity index (χ3n) is 5.99. The maximum absolute atomic E-state index is 12.5. The van der Waals surface area contributed by atoms with Gasteiger partial charge in [0.15, 0.2) is 0 Å². The second kappa shape index (κ2) is 10.7. The van der Waals surface area contributed by atoms with Crippen molar-refractivity contribution >= 4 is 29.1 Å². The SMILES string of the molecule is O=C(N[C@H]1CCN(CCc2cccc(OC3CCNCC3)c2)C1)c1ccc(Cl)c(Cl)c1. The van der Waals surface area contributed by atoms with E-state index in [9.17, 15) is 4.79 Å². The van der Waals surface area contributed by atoms with Crippen LogP contribution < -0.4 is 15.4 Å². The monoisotopic (exact) mass is 461 g/mol. The van der Waals surface area contributed by atoms with Crippen LogP contribution >= 0.6 is 23.2 Å². The highest BCUT2D eigenvalue weighted by atomic mass is 35.5. The molecule has 2 aromatic carbocycles. The van der Waals surface area contributed by atoms with Crippen LogP contribution in [0.1, 0.15) is 35.2 Å². The molecule has 0 unspecified atom stereocenters. The molecule has 2 aromatic rings. The summed E-state index contributed by atoms with van der Waals surface area (Å²) in [6.07, 6.45) is 4.36. The summed E-state index contributed by atoms with van der Waals surface area (Å²) in [5, 5.41) is 7.34. The van der Waals surface area contributed by atoms with E-state index in [0.29, 0.717) is 21.7 Å². The van der Waals surface area contributed by atoms with E-state index >= 15 is 0 Å². The number of hydrogen-bond acceptors (Lipinski definition) is 4. The maximum atomic E-state index is 12.5. The molecule has 0 radical (unpaired) electrons. The second-order valence-corrected chi connectivity index (χ2v) is 9.17. The molecule has 2 aliphatic heterocycles. The lowest BCUT2D eigenvalue weighted by atomic mass is 10.1. The van der Waals surface area contributed by atoms with Gasteiger partial charge in [0.05, 0.1) is 10.0 Å². The zero-order valence-corrected chi connectivity index (χ0v) is 19.1. The lowest BCUT2D eigenvalue weighted by Crippen LogP contribution is -2.37. The molecule has 7 heteroatoms. The lowest BCUT2D eigenvalue weighted by Gasteiger charge is -2.24. The summed E-state index contributed by atoms with van der Waals surface area (Å²) >= 11 is 12.0. The molecule has 0 bridgehead atoms. The van der Waals surface area contributed by atoms with E-state index in [2.05, 4.69) is 39.8 Å². The number of nitrogens with zero attached hydrogens (tertiary/aromatic N) is 1. The second-order valence-electron chi connectivity index (χ2n) is 8.35. The van der Waals surface area contributed by atoms with Crippen molar-refractivity contribution in [1.29, 1.82) is 0 Å². The van der Waals surface area contributed by atoms with E-state index in [1.54, 1.807) is 18.2 Å². The Kier molecular flexibility index (Phi) is 7.72. The molecule has 1 atom stereocenters. The first-order chi connectivity index (χ1) is 15.1. The summed E-state index contributed by atoms with van der Waals surface area (Å²) in [7, 11) is 0. The topological polar surface area (TPSA) is 53.6 Å². The highest BCUT2D eigenvalue weighted by molar-refractivity contribution is 6.42. The van der Waals surface area contributed by atoms with Gasteiger partial charge in [0.1, 0.15) is 11.9 Å². The number of hydrogen-bond donors (Lipinski definition) is 2. The van der Waals surface area contributed by atoms with Crippen LogP contribution in [0.3, 0.4) is 0 Å². The summed E-state index contributed by atoms with van der Waals surface area (Å²) in [6.45, 7) is 4.87. The van der Waals surface area contributed by atoms with Crippen LogP contribution in [-0.4, -0.2) is 55.7 Å². The van der Waals surface area contributed by atoms with E-state index < -0.39 is 0 Å². The van der Waals surface area contributed by atoms with Gasteiger partial charge in [0, 0.05) is 31.2 Å². The van der Waals surface area contributed by atoms with Gasteiger partial charge in [-0.2, -0.15) is 0 Å². The third kappa shape index (κ3) is 6.36. The Morgan fingerprint density at radius 2 is 1.94 bits per heavy atom. The smallest absolute Gasteiger partial charge is 0.251 e. The van der Waals surface area contributed by atoms with Crippen LogP contribution in [0, 0.1) is 0 Å². The van der Waals surface area contributed by atoms with Gasteiger partial charge in [-0.3, -0.25) is 4.79 Å². The molecule has 2 N–H and O–H groups in total. The van der Waals surface area contributed by atoms with Crippen LogP contribution in [0.15, 0.2) is 42.5 Å². The third-order valence-corrected chi connectivity index (χ3v) is 6.73. The number of amides is 1. The molecular weight excluding hydrogens is 433 g/mol. The Balaban J connectivity index is 1.23. The largest absolute Gasteiger partial charge is 0.490 e. The zero-order chi connectivity index (χ0) is 21.6. The van der Waals surface area contributed by atoms with Crippen LogP contribution in [0.2, 0.25) is 10.0 Å². The summed E-state index contributed by atoms with van der Waals surface area (Å²) < 4.78 is 6.17. The number of halogens is 2. The summed E-state index contributed by atoms with van der Waals surface area (Å²) in [4.78, 5) is 14.9. The number of benzene rings is 2. The first-order valence-corrected chi connectivity index (χ1v) is 11.8. The molecule has 0 spiro atoms. The van der Waals surface area contributed by atoms with Gasteiger partial charge < -0.3 is 20.3 Å². The van der Waals surface area contributed by atoms with E-state index in [4.69, 9.17) is 27.9 Å². The fraction of sp³-hybridized carbons (Fsp3) is 0.458. The number of carbonyl (C=O) groups excluding carboxylic acids is 1. The fourth-order valence-electron chi connectivity index (χ4n) is 4.23. The van der Waals surface area contributed by atoms with Gasteiger partial charge in [-0.05, 0) is 74.7 Å². The molecule has 0 saturated carbocycles. The van der Waals surface area contributed by atoms with E-state index in [1.807, 2.05) is 0 Å². The molecule has 0 aliphatic carbocycles. The average Bonchev–Trinajstić information content (AvgIpc) is 3.22.